The molecule has 0 N–H and O–H groups in total. The molecule has 11 heavy (non-hydrogen) atoms. The Hall–Kier alpha value is -1.38. The first-order chi connectivity index (χ1) is 5.36. The van der Waals surface area contributed by atoms with Crippen LogP contribution in [0.4, 0.5) is 0 Å². The molecule has 3 heteroatoms. The van der Waals surface area contributed by atoms with Crippen LogP contribution in [0.3, 0.4) is 0 Å². The van der Waals surface area contributed by atoms with E-state index in [0.29, 0.717) is 13.1 Å². The molecule has 0 saturated heterocycles. The summed E-state index contributed by atoms with van der Waals surface area (Å²) >= 11 is 0. The van der Waals surface area contributed by atoms with Crippen molar-refractivity contribution in [2.45, 2.75) is 0 Å². The zero-order valence-electron chi connectivity index (χ0n) is 5.99. The minimum atomic E-state index is 0.406. The van der Waals surface area contributed by atoms with E-state index < -0.39 is 0 Å². The Labute approximate surface area is 65.8 Å². The van der Waals surface area contributed by atoms with Gasteiger partial charge in [0, 0.05) is 0 Å². The van der Waals surface area contributed by atoms with Crippen molar-refractivity contribution in [1.29, 1.82) is 0 Å². The maximum atomic E-state index is 9.89. The van der Waals surface area contributed by atoms with Gasteiger partial charge in [-0.25, -0.2) is 0 Å². The van der Waals surface area contributed by atoms with Crippen LogP contribution < -0.4 is 4.65 Å². The molecule has 0 radical (unpaired) electrons. The van der Waals surface area contributed by atoms with Gasteiger partial charge >= 0.3 is 64.9 Å². The molecule has 0 aliphatic heterocycles. The molecule has 0 atom stereocenters. The first-order valence-corrected chi connectivity index (χ1v) is 3.19. The SMILES string of the molecule is C=Cc1ccc(OB=O)cc1. The van der Waals surface area contributed by atoms with Gasteiger partial charge in [0.15, 0.2) is 0 Å². The van der Waals surface area contributed by atoms with Crippen LogP contribution >= 0.6 is 0 Å². The Bertz CT molecular complexity index is 253. The molecule has 0 aromatic heterocycles. The van der Waals surface area contributed by atoms with Gasteiger partial charge in [0.2, 0.25) is 0 Å². The monoisotopic (exact) mass is 146 g/mol. The predicted molar refractivity (Wildman–Crippen MR) is 43.6 cm³/mol. The molecule has 1 rings (SSSR count). The van der Waals surface area contributed by atoms with E-state index in [1.54, 1.807) is 18.2 Å². The minimum absolute atomic E-state index is 0.406. The fraction of sp³-hybridized carbons (Fsp3) is 0. The van der Waals surface area contributed by atoms with Crippen LogP contribution in [0.5, 0.6) is 5.75 Å². The molecule has 0 amide bonds. The summed E-state index contributed by atoms with van der Waals surface area (Å²) in [6.07, 6.45) is 1.73. The maximum absolute atomic E-state index is 9.89. The molecule has 0 aliphatic rings. The average molecular weight is 146 g/mol. The topological polar surface area (TPSA) is 26.3 Å². The van der Waals surface area contributed by atoms with Crippen molar-refractivity contribution in [2.24, 2.45) is 0 Å². The molecule has 0 bridgehead atoms. The molecule has 2 nitrogen and oxygen atoms in total. The molecule has 54 valence electrons. The van der Waals surface area contributed by atoms with Gasteiger partial charge in [-0.15, -0.1) is 0 Å². The van der Waals surface area contributed by atoms with Gasteiger partial charge in [-0.1, -0.05) is 0 Å². The quantitative estimate of drug-likeness (QED) is 0.606. The van der Waals surface area contributed by atoms with E-state index in [4.69, 9.17) is 0 Å². The molecule has 1 aromatic carbocycles. The van der Waals surface area contributed by atoms with E-state index in [1.165, 1.54) is 0 Å². The van der Waals surface area contributed by atoms with E-state index in [-0.39, 0.29) is 0 Å². The van der Waals surface area contributed by atoms with E-state index in [1.807, 2.05) is 12.1 Å². The first-order valence-electron chi connectivity index (χ1n) is 3.19. The Kier molecular flexibility index (Phi) is 2.61. The average Bonchev–Trinajstić information content (AvgIpc) is 2.07. The summed E-state index contributed by atoms with van der Waals surface area (Å²) in [6, 6.07) is 7.08. The second-order valence-corrected chi connectivity index (χ2v) is 1.99. The molecule has 0 fully saturated rings. The van der Waals surface area contributed by atoms with Crippen LogP contribution in [0.1, 0.15) is 5.56 Å². The Morgan fingerprint density at radius 3 is 2.45 bits per heavy atom. The zero-order chi connectivity index (χ0) is 8.10. The fourth-order valence-corrected chi connectivity index (χ4v) is 0.738. The number of rotatable bonds is 3. The standard InChI is InChI=1S/C8H7BO2/c1-2-7-3-5-8(6-4-7)11-9-10/h2-6H,1H2. The molecule has 0 spiro atoms. The van der Waals surface area contributed by atoms with Crippen molar-refractivity contribution in [3.63, 3.8) is 0 Å². The summed E-state index contributed by atoms with van der Waals surface area (Å²) in [7, 11) is 0.406. The van der Waals surface area contributed by atoms with Crippen LogP contribution in [0.15, 0.2) is 30.8 Å². The van der Waals surface area contributed by atoms with Crippen molar-refractivity contribution < 1.29 is 9.36 Å². The molecule has 0 heterocycles. The van der Waals surface area contributed by atoms with Crippen molar-refractivity contribution in [3.8, 4) is 5.75 Å². The van der Waals surface area contributed by atoms with Crippen LogP contribution in [-0.4, -0.2) is 7.35 Å². The van der Waals surface area contributed by atoms with Gasteiger partial charge in [-0.3, -0.25) is 0 Å². The second kappa shape index (κ2) is 3.71. The second-order valence-electron chi connectivity index (χ2n) is 1.99. The van der Waals surface area contributed by atoms with Gasteiger partial charge in [0.25, 0.3) is 0 Å². The first kappa shape index (κ1) is 7.73. The van der Waals surface area contributed by atoms with Crippen LogP contribution in [0, 0.1) is 0 Å². The number of hydrogen-bond acceptors (Lipinski definition) is 2. The van der Waals surface area contributed by atoms with Crippen LogP contribution in [0.25, 0.3) is 6.08 Å². The van der Waals surface area contributed by atoms with Gasteiger partial charge in [-0.2, -0.15) is 0 Å². The van der Waals surface area contributed by atoms with Gasteiger partial charge in [0.05, 0.1) is 0 Å². The predicted octanol–water partition coefficient (Wildman–Crippen LogP) is 1.67. The van der Waals surface area contributed by atoms with E-state index in [9.17, 15) is 4.70 Å². The normalized spacial score (nSPS) is 8.36. The van der Waals surface area contributed by atoms with Crippen molar-refractivity contribution >= 4 is 13.4 Å². The number of hydrogen-bond donors (Lipinski definition) is 0. The Balaban J connectivity index is 2.81. The summed E-state index contributed by atoms with van der Waals surface area (Å²) in [6.45, 7) is 3.60. The molecular weight excluding hydrogens is 139 g/mol. The van der Waals surface area contributed by atoms with E-state index in [0.717, 1.165) is 5.56 Å². The number of benzene rings is 1. The van der Waals surface area contributed by atoms with E-state index >= 15 is 0 Å². The van der Waals surface area contributed by atoms with Crippen molar-refractivity contribution in [3.05, 3.63) is 36.4 Å². The third kappa shape index (κ3) is 2.04. The van der Waals surface area contributed by atoms with Gasteiger partial charge < -0.3 is 0 Å². The van der Waals surface area contributed by atoms with Crippen molar-refractivity contribution in [1.82, 2.24) is 0 Å². The Morgan fingerprint density at radius 2 is 2.00 bits per heavy atom. The summed E-state index contributed by atoms with van der Waals surface area (Å²) in [4.78, 5) is 0. The third-order valence-corrected chi connectivity index (χ3v) is 1.30. The molecular formula is C8H7BO2. The fourth-order valence-electron chi connectivity index (χ4n) is 0.738. The van der Waals surface area contributed by atoms with Gasteiger partial charge in [-0.05, 0) is 0 Å². The molecule has 0 aliphatic carbocycles. The summed E-state index contributed by atoms with van der Waals surface area (Å²) in [5, 5.41) is 0. The summed E-state index contributed by atoms with van der Waals surface area (Å²) < 4.78 is 14.5. The molecule has 1 aromatic rings. The molecule has 0 saturated carbocycles. The van der Waals surface area contributed by atoms with E-state index in [2.05, 4.69) is 11.2 Å². The summed E-state index contributed by atoms with van der Waals surface area (Å²) in [5.74, 6) is 0.547. The zero-order valence-corrected chi connectivity index (χ0v) is 5.99. The third-order valence-electron chi connectivity index (χ3n) is 1.30. The van der Waals surface area contributed by atoms with Crippen LogP contribution in [0.2, 0.25) is 0 Å². The van der Waals surface area contributed by atoms with Crippen LogP contribution in [-0.2, 0) is 4.70 Å². The molecule has 0 unspecified atom stereocenters. The van der Waals surface area contributed by atoms with Gasteiger partial charge in [0.1, 0.15) is 0 Å². The Morgan fingerprint density at radius 1 is 1.36 bits per heavy atom. The summed E-state index contributed by atoms with van der Waals surface area (Å²) in [5.41, 5.74) is 1.00. The van der Waals surface area contributed by atoms with Crippen molar-refractivity contribution in [2.75, 3.05) is 0 Å².